The summed E-state index contributed by atoms with van der Waals surface area (Å²) >= 11 is 3.34. The van der Waals surface area contributed by atoms with Crippen molar-refractivity contribution < 1.29 is 14.4 Å². The fourth-order valence-corrected chi connectivity index (χ4v) is 4.11. The number of carbonyl (C=O) groups excluding carboxylic acids is 3. The molecular formula is C21H19BrN4O3. The smallest absolute Gasteiger partial charge is 0.295 e. The van der Waals surface area contributed by atoms with E-state index in [1.165, 1.54) is 6.20 Å². The molecule has 1 fully saturated rings. The van der Waals surface area contributed by atoms with E-state index in [1.54, 1.807) is 34.2 Å². The van der Waals surface area contributed by atoms with Crippen LogP contribution in [0.3, 0.4) is 0 Å². The molecule has 2 amide bonds. The van der Waals surface area contributed by atoms with Crippen molar-refractivity contribution in [3.63, 3.8) is 0 Å². The molecule has 1 aliphatic rings. The Morgan fingerprint density at radius 2 is 1.90 bits per heavy atom. The van der Waals surface area contributed by atoms with Gasteiger partial charge in [-0.2, -0.15) is 0 Å². The van der Waals surface area contributed by atoms with Crippen molar-refractivity contribution in [3.05, 3.63) is 64.5 Å². The van der Waals surface area contributed by atoms with Crippen molar-refractivity contribution in [2.75, 3.05) is 19.6 Å². The molecule has 4 rings (SSSR count). The number of benzene rings is 1. The zero-order valence-electron chi connectivity index (χ0n) is 15.8. The summed E-state index contributed by atoms with van der Waals surface area (Å²) in [7, 11) is 0. The van der Waals surface area contributed by atoms with Gasteiger partial charge < -0.3 is 14.8 Å². The summed E-state index contributed by atoms with van der Waals surface area (Å²) in [6, 6.07) is 10.5. The van der Waals surface area contributed by atoms with E-state index in [0.29, 0.717) is 46.3 Å². The maximum Gasteiger partial charge on any atom is 0.295 e. The highest BCUT2D eigenvalue weighted by Gasteiger charge is 2.34. The fourth-order valence-electron chi connectivity index (χ4n) is 3.66. The lowest BCUT2D eigenvalue weighted by Crippen LogP contribution is -2.56. The Hall–Kier alpha value is -3.00. The number of H-pyrrole nitrogens is 1. The van der Waals surface area contributed by atoms with E-state index >= 15 is 0 Å². The van der Waals surface area contributed by atoms with Crippen LogP contribution in [0.15, 0.2) is 53.4 Å². The van der Waals surface area contributed by atoms with Gasteiger partial charge in [0.25, 0.3) is 17.6 Å². The second-order valence-electron chi connectivity index (χ2n) is 7.02. The van der Waals surface area contributed by atoms with Crippen molar-refractivity contribution in [1.82, 2.24) is 19.8 Å². The standard InChI is InChI=1S/C21H19BrN4O3/c1-13-12-25(20(28)14-5-3-2-4-6-14)9-10-26(13)21(29)18(27)16-11-24-17-15(16)7-8-23-19(17)22/h2-8,11,13,24H,9-10,12H2,1H3/t13-/m1/s1. The number of pyridine rings is 1. The Balaban J connectivity index is 1.49. The van der Waals surface area contributed by atoms with Crippen LogP contribution < -0.4 is 0 Å². The van der Waals surface area contributed by atoms with Crippen LogP contribution >= 0.6 is 15.9 Å². The first-order valence-corrected chi connectivity index (χ1v) is 10.1. The second kappa shape index (κ2) is 7.79. The Labute approximate surface area is 175 Å². The quantitative estimate of drug-likeness (QED) is 0.374. The SMILES string of the molecule is C[C@@H]1CN(C(=O)c2ccccc2)CCN1C(=O)C(=O)c1c[nH]c2c(Br)nccc12. The van der Waals surface area contributed by atoms with E-state index in [4.69, 9.17) is 0 Å². The van der Waals surface area contributed by atoms with Crippen LogP contribution in [0, 0.1) is 0 Å². The van der Waals surface area contributed by atoms with E-state index in [9.17, 15) is 14.4 Å². The summed E-state index contributed by atoms with van der Waals surface area (Å²) < 4.78 is 0.586. The number of carbonyl (C=O) groups is 3. The average Bonchev–Trinajstić information content (AvgIpc) is 3.18. The third-order valence-electron chi connectivity index (χ3n) is 5.19. The summed E-state index contributed by atoms with van der Waals surface area (Å²) in [5, 5.41) is 0.649. The van der Waals surface area contributed by atoms with Gasteiger partial charge in [-0.1, -0.05) is 18.2 Å². The summed E-state index contributed by atoms with van der Waals surface area (Å²) in [4.78, 5) is 48.8. The highest BCUT2D eigenvalue weighted by Crippen LogP contribution is 2.25. The normalized spacial score (nSPS) is 16.8. The zero-order chi connectivity index (χ0) is 20.5. The van der Waals surface area contributed by atoms with E-state index in [0.717, 1.165) is 0 Å². The maximum atomic E-state index is 12.9. The number of nitrogens with one attached hydrogen (secondary N) is 1. The summed E-state index contributed by atoms with van der Waals surface area (Å²) in [6.45, 7) is 2.94. The minimum Gasteiger partial charge on any atom is -0.358 e. The number of piperazine rings is 1. The summed E-state index contributed by atoms with van der Waals surface area (Å²) in [5.74, 6) is -1.19. The Kier molecular flexibility index (Phi) is 5.19. The van der Waals surface area contributed by atoms with E-state index in [-0.39, 0.29) is 11.9 Å². The molecule has 1 atom stereocenters. The van der Waals surface area contributed by atoms with Crippen molar-refractivity contribution >= 4 is 44.4 Å². The topological polar surface area (TPSA) is 86.4 Å². The number of ketones is 1. The van der Waals surface area contributed by atoms with E-state index in [1.807, 2.05) is 25.1 Å². The third kappa shape index (κ3) is 3.55. The lowest BCUT2D eigenvalue weighted by Gasteiger charge is -2.39. The van der Waals surface area contributed by atoms with E-state index < -0.39 is 11.7 Å². The molecule has 1 N–H and O–H groups in total. The Bertz CT molecular complexity index is 1100. The first-order chi connectivity index (χ1) is 14.0. The molecule has 3 heterocycles. The average molecular weight is 455 g/mol. The number of hydrogen-bond acceptors (Lipinski definition) is 4. The number of nitrogens with zero attached hydrogens (tertiary/aromatic N) is 3. The minimum absolute atomic E-state index is 0.0649. The van der Waals surface area contributed by atoms with Crippen LogP contribution in [-0.2, 0) is 4.79 Å². The maximum absolute atomic E-state index is 12.9. The van der Waals surface area contributed by atoms with Crippen LogP contribution in [0.25, 0.3) is 10.9 Å². The number of hydrogen-bond donors (Lipinski definition) is 1. The van der Waals surface area contributed by atoms with Gasteiger partial charge in [0.2, 0.25) is 0 Å². The van der Waals surface area contributed by atoms with Gasteiger partial charge in [0.1, 0.15) is 4.60 Å². The van der Waals surface area contributed by atoms with Crippen molar-refractivity contribution in [2.45, 2.75) is 13.0 Å². The molecule has 0 radical (unpaired) electrons. The molecule has 7 nitrogen and oxygen atoms in total. The molecule has 1 aliphatic heterocycles. The van der Waals surface area contributed by atoms with Gasteiger partial charge >= 0.3 is 0 Å². The molecule has 8 heteroatoms. The van der Waals surface area contributed by atoms with Crippen LogP contribution in [0.4, 0.5) is 0 Å². The van der Waals surface area contributed by atoms with Crippen LogP contribution in [-0.4, -0.2) is 63.0 Å². The van der Waals surface area contributed by atoms with Gasteiger partial charge in [-0.25, -0.2) is 4.98 Å². The Morgan fingerprint density at radius 1 is 1.14 bits per heavy atom. The Morgan fingerprint density at radius 3 is 2.62 bits per heavy atom. The van der Waals surface area contributed by atoms with Gasteiger partial charge in [0.15, 0.2) is 0 Å². The molecule has 2 aromatic heterocycles. The van der Waals surface area contributed by atoms with Gasteiger partial charge in [0, 0.05) is 49.0 Å². The van der Waals surface area contributed by atoms with Gasteiger partial charge in [-0.05, 0) is 41.1 Å². The van der Waals surface area contributed by atoms with E-state index in [2.05, 4.69) is 25.9 Å². The lowest BCUT2D eigenvalue weighted by atomic mass is 10.1. The van der Waals surface area contributed by atoms with Gasteiger partial charge in [-0.15, -0.1) is 0 Å². The van der Waals surface area contributed by atoms with Crippen molar-refractivity contribution in [2.24, 2.45) is 0 Å². The third-order valence-corrected chi connectivity index (χ3v) is 5.79. The largest absolute Gasteiger partial charge is 0.358 e. The molecule has 0 spiro atoms. The van der Waals surface area contributed by atoms with Crippen molar-refractivity contribution in [1.29, 1.82) is 0 Å². The highest BCUT2D eigenvalue weighted by molar-refractivity contribution is 9.10. The number of halogens is 1. The second-order valence-corrected chi connectivity index (χ2v) is 7.77. The number of amides is 2. The first-order valence-electron chi connectivity index (χ1n) is 9.28. The number of aromatic amines is 1. The monoisotopic (exact) mass is 454 g/mol. The molecular weight excluding hydrogens is 436 g/mol. The van der Waals surface area contributed by atoms with Crippen LogP contribution in [0.2, 0.25) is 0 Å². The summed E-state index contributed by atoms with van der Waals surface area (Å²) in [5.41, 5.74) is 1.62. The molecule has 0 aliphatic carbocycles. The van der Waals surface area contributed by atoms with Crippen molar-refractivity contribution in [3.8, 4) is 0 Å². The minimum atomic E-state index is -0.566. The fraction of sp³-hybridized carbons (Fsp3) is 0.238. The molecule has 0 bridgehead atoms. The van der Waals surface area contributed by atoms with Gasteiger partial charge in [-0.3, -0.25) is 14.4 Å². The molecule has 29 heavy (non-hydrogen) atoms. The molecule has 0 unspecified atom stereocenters. The zero-order valence-corrected chi connectivity index (χ0v) is 17.3. The van der Waals surface area contributed by atoms with Gasteiger partial charge in [0.05, 0.1) is 11.1 Å². The number of aromatic nitrogens is 2. The number of Topliss-reactive ketones (excluding diaryl/α,β-unsaturated/α-hetero) is 1. The summed E-state index contributed by atoms with van der Waals surface area (Å²) in [6.07, 6.45) is 3.12. The molecule has 0 saturated carbocycles. The highest BCUT2D eigenvalue weighted by atomic mass is 79.9. The van der Waals surface area contributed by atoms with Crippen LogP contribution in [0.5, 0.6) is 0 Å². The lowest BCUT2D eigenvalue weighted by molar-refractivity contribution is -0.130. The molecule has 148 valence electrons. The molecule has 1 saturated heterocycles. The number of rotatable bonds is 3. The molecule has 1 aromatic carbocycles. The predicted octanol–water partition coefficient (Wildman–Crippen LogP) is 2.88. The van der Waals surface area contributed by atoms with Crippen LogP contribution in [0.1, 0.15) is 27.6 Å². The predicted molar refractivity (Wildman–Crippen MR) is 112 cm³/mol. The molecule has 3 aromatic rings. The first kappa shape index (κ1) is 19.3. The number of fused-ring (bicyclic) bond motifs is 1.